The highest BCUT2D eigenvalue weighted by atomic mass is 16.6. The summed E-state index contributed by atoms with van der Waals surface area (Å²) in [5.74, 6) is -0.186. The van der Waals surface area contributed by atoms with Gasteiger partial charge in [-0.3, -0.25) is 9.69 Å². The maximum absolute atomic E-state index is 11.0. The lowest BCUT2D eigenvalue weighted by Gasteiger charge is -2.31. The van der Waals surface area contributed by atoms with Gasteiger partial charge in [0.15, 0.2) is 0 Å². The van der Waals surface area contributed by atoms with Crippen LogP contribution in [-0.4, -0.2) is 49.2 Å². The number of nitrogens with one attached hydrogen (secondary N) is 1. The number of ether oxygens (including phenoxy) is 1. The minimum absolute atomic E-state index is 0.0144. The highest BCUT2D eigenvalue weighted by Crippen LogP contribution is 2.17. The third kappa shape index (κ3) is 2.63. The Kier molecular flexibility index (Phi) is 3.28. The first-order valence-electron chi connectivity index (χ1n) is 5.61. The SMILES string of the molecule is NC(=O)C1CCN(CC2CNC(=O)O2)CC1. The number of nitrogens with zero attached hydrogens (tertiary/aromatic N) is 1. The second-order valence-corrected chi connectivity index (χ2v) is 4.39. The van der Waals surface area contributed by atoms with E-state index in [4.69, 9.17) is 10.5 Å². The molecule has 0 aromatic rings. The van der Waals surface area contributed by atoms with Crippen molar-refractivity contribution in [3.63, 3.8) is 0 Å². The fourth-order valence-corrected chi connectivity index (χ4v) is 2.22. The molecular formula is C10H17N3O3. The van der Waals surface area contributed by atoms with E-state index in [-0.39, 0.29) is 24.0 Å². The maximum Gasteiger partial charge on any atom is 0.407 e. The first-order chi connectivity index (χ1) is 7.65. The predicted molar refractivity (Wildman–Crippen MR) is 56.6 cm³/mol. The standard InChI is InChI=1S/C10H17N3O3/c11-9(14)7-1-3-13(4-2-7)6-8-5-12-10(15)16-8/h7-8H,1-6H2,(H2,11,14)(H,12,15). The Morgan fingerprint density at radius 1 is 1.50 bits per heavy atom. The van der Waals surface area contributed by atoms with Gasteiger partial charge in [-0.1, -0.05) is 0 Å². The van der Waals surface area contributed by atoms with Gasteiger partial charge in [0.2, 0.25) is 5.91 Å². The van der Waals surface area contributed by atoms with Crippen molar-refractivity contribution in [2.45, 2.75) is 18.9 Å². The maximum atomic E-state index is 11.0. The van der Waals surface area contributed by atoms with E-state index in [0.717, 1.165) is 32.5 Å². The molecule has 2 rings (SSSR count). The zero-order valence-corrected chi connectivity index (χ0v) is 9.15. The molecule has 0 aliphatic carbocycles. The zero-order valence-electron chi connectivity index (χ0n) is 9.15. The summed E-state index contributed by atoms with van der Waals surface area (Å²) in [6.45, 7) is 3.02. The largest absolute Gasteiger partial charge is 0.443 e. The highest BCUT2D eigenvalue weighted by molar-refractivity contribution is 5.76. The number of carbonyl (C=O) groups is 2. The molecule has 2 amide bonds. The predicted octanol–water partition coefficient (Wildman–Crippen LogP) is -0.708. The van der Waals surface area contributed by atoms with Crippen molar-refractivity contribution < 1.29 is 14.3 Å². The van der Waals surface area contributed by atoms with E-state index < -0.39 is 0 Å². The molecule has 90 valence electrons. The topological polar surface area (TPSA) is 84.7 Å². The van der Waals surface area contributed by atoms with E-state index >= 15 is 0 Å². The Morgan fingerprint density at radius 3 is 2.69 bits per heavy atom. The normalized spacial score (nSPS) is 27.5. The smallest absolute Gasteiger partial charge is 0.407 e. The number of primary amides is 1. The fourth-order valence-electron chi connectivity index (χ4n) is 2.22. The van der Waals surface area contributed by atoms with Gasteiger partial charge >= 0.3 is 6.09 Å². The number of rotatable bonds is 3. The van der Waals surface area contributed by atoms with Crippen LogP contribution in [0.5, 0.6) is 0 Å². The molecule has 0 spiro atoms. The van der Waals surface area contributed by atoms with E-state index in [1.807, 2.05) is 0 Å². The van der Waals surface area contributed by atoms with E-state index in [0.29, 0.717) is 6.54 Å². The number of likely N-dealkylation sites (tertiary alicyclic amines) is 1. The van der Waals surface area contributed by atoms with Crippen molar-refractivity contribution >= 4 is 12.0 Å². The van der Waals surface area contributed by atoms with Gasteiger partial charge in [-0.2, -0.15) is 0 Å². The van der Waals surface area contributed by atoms with Gasteiger partial charge in [0.1, 0.15) is 6.10 Å². The van der Waals surface area contributed by atoms with Crippen molar-refractivity contribution in [1.82, 2.24) is 10.2 Å². The van der Waals surface area contributed by atoms with Crippen molar-refractivity contribution in [3.8, 4) is 0 Å². The lowest BCUT2D eigenvalue weighted by atomic mass is 9.96. The zero-order chi connectivity index (χ0) is 11.5. The van der Waals surface area contributed by atoms with Crippen LogP contribution in [0.25, 0.3) is 0 Å². The molecule has 0 bridgehead atoms. The molecule has 2 saturated heterocycles. The Hall–Kier alpha value is -1.30. The fraction of sp³-hybridized carbons (Fsp3) is 0.800. The van der Waals surface area contributed by atoms with Crippen LogP contribution in [-0.2, 0) is 9.53 Å². The molecule has 1 atom stereocenters. The Morgan fingerprint density at radius 2 is 2.19 bits per heavy atom. The molecule has 2 heterocycles. The molecule has 6 heteroatoms. The van der Waals surface area contributed by atoms with Crippen molar-refractivity contribution in [3.05, 3.63) is 0 Å². The van der Waals surface area contributed by atoms with Gasteiger partial charge in [0.25, 0.3) is 0 Å². The van der Waals surface area contributed by atoms with Crippen LogP contribution in [0.1, 0.15) is 12.8 Å². The Balaban J connectivity index is 1.73. The summed E-state index contributed by atoms with van der Waals surface area (Å²) in [6, 6.07) is 0. The molecule has 0 saturated carbocycles. The lowest BCUT2D eigenvalue weighted by Crippen LogP contribution is -2.42. The number of amides is 2. The third-order valence-electron chi connectivity index (χ3n) is 3.20. The summed E-state index contributed by atoms with van der Waals surface area (Å²) in [4.78, 5) is 24.0. The number of nitrogens with two attached hydrogens (primary N) is 1. The Labute approximate surface area is 94.1 Å². The van der Waals surface area contributed by atoms with Crippen LogP contribution < -0.4 is 11.1 Å². The van der Waals surface area contributed by atoms with Crippen LogP contribution in [0.2, 0.25) is 0 Å². The minimum atomic E-state index is -0.336. The molecule has 2 aliphatic rings. The summed E-state index contributed by atoms with van der Waals surface area (Å²) in [7, 11) is 0. The molecule has 0 radical (unpaired) electrons. The molecular weight excluding hydrogens is 210 g/mol. The number of alkyl carbamates (subject to hydrolysis) is 1. The molecule has 2 aliphatic heterocycles. The summed E-state index contributed by atoms with van der Waals surface area (Å²) >= 11 is 0. The number of hydrogen-bond acceptors (Lipinski definition) is 4. The van der Waals surface area contributed by atoms with Crippen LogP contribution in [0, 0.1) is 5.92 Å². The molecule has 6 nitrogen and oxygen atoms in total. The monoisotopic (exact) mass is 227 g/mol. The van der Waals surface area contributed by atoms with Crippen molar-refractivity contribution in [2.24, 2.45) is 11.7 Å². The van der Waals surface area contributed by atoms with Crippen molar-refractivity contribution in [1.29, 1.82) is 0 Å². The third-order valence-corrected chi connectivity index (χ3v) is 3.20. The highest BCUT2D eigenvalue weighted by Gasteiger charge is 2.28. The van der Waals surface area contributed by atoms with Crippen LogP contribution in [0.3, 0.4) is 0 Å². The lowest BCUT2D eigenvalue weighted by molar-refractivity contribution is -0.123. The van der Waals surface area contributed by atoms with Crippen LogP contribution in [0.15, 0.2) is 0 Å². The van der Waals surface area contributed by atoms with Gasteiger partial charge in [0.05, 0.1) is 6.54 Å². The second kappa shape index (κ2) is 4.69. The van der Waals surface area contributed by atoms with Gasteiger partial charge in [-0.05, 0) is 25.9 Å². The first kappa shape index (κ1) is 11.2. The molecule has 0 aromatic heterocycles. The average Bonchev–Trinajstić information content (AvgIpc) is 2.65. The van der Waals surface area contributed by atoms with Gasteiger partial charge in [0, 0.05) is 12.5 Å². The van der Waals surface area contributed by atoms with Crippen LogP contribution >= 0.6 is 0 Å². The van der Waals surface area contributed by atoms with Gasteiger partial charge in [-0.25, -0.2) is 4.79 Å². The summed E-state index contributed by atoms with van der Waals surface area (Å²) < 4.78 is 5.06. The number of cyclic esters (lactones) is 1. The van der Waals surface area contributed by atoms with E-state index in [2.05, 4.69) is 10.2 Å². The quantitative estimate of drug-likeness (QED) is 0.667. The molecule has 2 fully saturated rings. The van der Waals surface area contributed by atoms with Crippen molar-refractivity contribution in [2.75, 3.05) is 26.2 Å². The Bertz CT molecular complexity index is 287. The van der Waals surface area contributed by atoms with E-state index in [1.54, 1.807) is 0 Å². The van der Waals surface area contributed by atoms with Gasteiger partial charge < -0.3 is 15.8 Å². The first-order valence-corrected chi connectivity index (χ1v) is 5.61. The summed E-state index contributed by atoms with van der Waals surface area (Å²) in [5.41, 5.74) is 5.26. The van der Waals surface area contributed by atoms with Gasteiger partial charge in [-0.15, -0.1) is 0 Å². The van der Waals surface area contributed by atoms with Crippen LogP contribution in [0.4, 0.5) is 4.79 Å². The summed E-state index contributed by atoms with van der Waals surface area (Å²) in [6.07, 6.45) is 1.22. The number of piperidine rings is 1. The molecule has 3 N–H and O–H groups in total. The number of hydrogen-bond donors (Lipinski definition) is 2. The molecule has 0 aromatic carbocycles. The molecule has 16 heavy (non-hydrogen) atoms. The summed E-state index contributed by atoms with van der Waals surface area (Å²) in [5, 5.41) is 2.62. The van der Waals surface area contributed by atoms with E-state index in [9.17, 15) is 9.59 Å². The average molecular weight is 227 g/mol. The second-order valence-electron chi connectivity index (χ2n) is 4.39. The van der Waals surface area contributed by atoms with E-state index in [1.165, 1.54) is 0 Å². The minimum Gasteiger partial charge on any atom is -0.443 e. The number of carbonyl (C=O) groups excluding carboxylic acids is 2. The molecule has 1 unspecified atom stereocenters.